The minimum atomic E-state index is -1.21. The number of hydrogen-bond acceptors (Lipinski definition) is 3. The number of rotatable bonds is 3. The lowest BCUT2D eigenvalue weighted by molar-refractivity contribution is -0.123. The second kappa shape index (κ2) is 7.94. The molecule has 1 atom stereocenters. The Morgan fingerprint density at radius 1 is 1.12 bits per heavy atom. The smallest absolute Gasteiger partial charge is 0.268 e. The maximum Gasteiger partial charge on any atom is 0.268 e. The minimum absolute atomic E-state index is 0.178. The zero-order valence-corrected chi connectivity index (χ0v) is 18.9. The van der Waals surface area contributed by atoms with Crippen LogP contribution in [0, 0.1) is 12.7 Å². The second-order valence-corrected chi connectivity index (χ2v) is 9.72. The number of benzene rings is 3. The molecular formula is C25H20ClFN2O2S. The standard InChI is InChI=1S/C25H20ClFN2O2S/c1-16-5-7-17(8-6-16)15-28-22-10-9-19(26)14-21(22)25(24(28)31)29(11-12-32-25)23(30)18-3-2-4-20(27)13-18/h2-10,13-14H,11-12,15H2,1H3. The van der Waals surface area contributed by atoms with Gasteiger partial charge in [-0.2, -0.15) is 0 Å². The average molecular weight is 467 g/mol. The summed E-state index contributed by atoms with van der Waals surface area (Å²) >= 11 is 7.76. The lowest BCUT2D eigenvalue weighted by Gasteiger charge is -2.33. The fourth-order valence-electron chi connectivity index (χ4n) is 4.40. The van der Waals surface area contributed by atoms with Gasteiger partial charge in [0, 0.05) is 28.4 Å². The van der Waals surface area contributed by atoms with Gasteiger partial charge in [-0.25, -0.2) is 4.39 Å². The van der Waals surface area contributed by atoms with Crippen LogP contribution in [0.1, 0.15) is 27.0 Å². The van der Waals surface area contributed by atoms with Crippen LogP contribution >= 0.6 is 23.4 Å². The first-order chi connectivity index (χ1) is 15.4. The SMILES string of the molecule is Cc1ccc(CN2C(=O)C3(SCCN3C(=O)c3cccc(F)c3)c3cc(Cl)ccc32)cc1. The first kappa shape index (κ1) is 21.0. The van der Waals surface area contributed by atoms with Crippen LogP contribution in [-0.4, -0.2) is 29.0 Å². The van der Waals surface area contributed by atoms with E-state index in [0.717, 1.165) is 16.8 Å². The summed E-state index contributed by atoms with van der Waals surface area (Å²) in [6.45, 7) is 2.79. The highest BCUT2D eigenvalue weighted by atomic mass is 35.5. The van der Waals surface area contributed by atoms with Gasteiger partial charge in [0.25, 0.3) is 11.8 Å². The molecule has 4 nitrogen and oxygen atoms in total. The molecule has 2 heterocycles. The summed E-state index contributed by atoms with van der Waals surface area (Å²) in [6, 6.07) is 19.0. The molecule has 1 unspecified atom stereocenters. The van der Waals surface area contributed by atoms with Crippen LogP contribution < -0.4 is 4.90 Å². The number of aryl methyl sites for hydroxylation is 1. The third kappa shape index (κ3) is 3.29. The number of thioether (sulfide) groups is 1. The molecule has 0 bridgehead atoms. The summed E-state index contributed by atoms with van der Waals surface area (Å²) in [7, 11) is 0. The van der Waals surface area contributed by atoms with E-state index in [1.54, 1.807) is 28.0 Å². The molecule has 0 radical (unpaired) electrons. The molecule has 2 aliphatic rings. The number of halogens is 2. The van der Waals surface area contributed by atoms with Crippen LogP contribution in [0.25, 0.3) is 0 Å². The average Bonchev–Trinajstić information content (AvgIpc) is 3.32. The summed E-state index contributed by atoms with van der Waals surface area (Å²) in [5, 5.41) is 0.499. The highest BCUT2D eigenvalue weighted by molar-refractivity contribution is 8.01. The number of hydrogen-bond donors (Lipinski definition) is 0. The largest absolute Gasteiger partial charge is 0.311 e. The Bertz CT molecular complexity index is 1230. The van der Waals surface area contributed by atoms with Gasteiger partial charge in [0.05, 0.1) is 12.2 Å². The highest BCUT2D eigenvalue weighted by Crippen LogP contribution is 2.55. The van der Waals surface area contributed by atoms with E-state index in [1.165, 1.54) is 30.0 Å². The van der Waals surface area contributed by atoms with Crippen LogP contribution in [0.5, 0.6) is 0 Å². The number of carbonyl (C=O) groups excluding carboxylic acids is 2. The number of fused-ring (bicyclic) bond motifs is 2. The van der Waals surface area contributed by atoms with Gasteiger partial charge in [0.1, 0.15) is 5.82 Å². The Hall–Kier alpha value is -2.83. The van der Waals surface area contributed by atoms with Gasteiger partial charge in [0.15, 0.2) is 4.87 Å². The lowest BCUT2D eigenvalue weighted by Crippen LogP contribution is -2.50. The lowest BCUT2D eigenvalue weighted by atomic mass is 10.0. The second-order valence-electron chi connectivity index (χ2n) is 8.00. The molecule has 0 aliphatic carbocycles. The quantitative estimate of drug-likeness (QED) is 0.520. The van der Waals surface area contributed by atoms with Gasteiger partial charge < -0.3 is 9.80 Å². The van der Waals surface area contributed by atoms with Gasteiger partial charge >= 0.3 is 0 Å². The van der Waals surface area contributed by atoms with Gasteiger partial charge in [-0.05, 0) is 48.9 Å². The van der Waals surface area contributed by atoms with Crippen LogP contribution in [0.2, 0.25) is 5.02 Å². The van der Waals surface area contributed by atoms with E-state index in [9.17, 15) is 14.0 Å². The zero-order chi connectivity index (χ0) is 22.5. The molecule has 5 rings (SSSR count). The summed E-state index contributed by atoms with van der Waals surface area (Å²) in [5.41, 5.74) is 3.80. The first-order valence-electron chi connectivity index (χ1n) is 10.3. The van der Waals surface area contributed by atoms with E-state index in [2.05, 4.69) is 0 Å². The van der Waals surface area contributed by atoms with Gasteiger partial charge in [-0.1, -0.05) is 47.5 Å². The Morgan fingerprint density at radius 3 is 2.66 bits per heavy atom. The molecule has 1 saturated heterocycles. The van der Waals surface area contributed by atoms with Gasteiger partial charge in [-0.15, -0.1) is 11.8 Å². The molecule has 1 fully saturated rings. The fraction of sp³-hybridized carbons (Fsp3) is 0.200. The molecule has 7 heteroatoms. The van der Waals surface area contributed by atoms with E-state index in [0.29, 0.717) is 29.4 Å². The Kier molecular flexibility index (Phi) is 5.22. The predicted molar refractivity (Wildman–Crippen MR) is 125 cm³/mol. The topological polar surface area (TPSA) is 40.6 Å². The predicted octanol–water partition coefficient (Wildman–Crippen LogP) is 5.38. The van der Waals surface area contributed by atoms with E-state index in [4.69, 9.17) is 11.6 Å². The highest BCUT2D eigenvalue weighted by Gasteiger charge is 2.59. The normalized spacial score (nSPS) is 19.7. The summed E-state index contributed by atoms with van der Waals surface area (Å²) < 4.78 is 13.8. The number of anilines is 1. The molecule has 1 spiro atoms. The summed E-state index contributed by atoms with van der Waals surface area (Å²) in [5.74, 6) is -0.440. The fourth-order valence-corrected chi connectivity index (χ4v) is 6.02. The Morgan fingerprint density at radius 2 is 1.91 bits per heavy atom. The molecule has 0 aromatic heterocycles. The first-order valence-corrected chi connectivity index (χ1v) is 11.7. The van der Waals surface area contributed by atoms with Crippen molar-refractivity contribution >= 4 is 40.9 Å². The van der Waals surface area contributed by atoms with Crippen molar-refractivity contribution in [3.05, 3.63) is 99.8 Å². The number of nitrogens with zero attached hydrogens (tertiary/aromatic N) is 2. The number of amides is 2. The minimum Gasteiger partial charge on any atom is -0.311 e. The Labute approximate surface area is 195 Å². The van der Waals surface area contributed by atoms with Crippen molar-refractivity contribution < 1.29 is 14.0 Å². The van der Waals surface area contributed by atoms with Crippen molar-refractivity contribution in [2.45, 2.75) is 18.3 Å². The molecule has 3 aromatic carbocycles. The molecular weight excluding hydrogens is 447 g/mol. The van der Waals surface area contributed by atoms with E-state index < -0.39 is 10.7 Å². The van der Waals surface area contributed by atoms with E-state index in [-0.39, 0.29) is 17.4 Å². The van der Waals surface area contributed by atoms with Crippen LogP contribution in [0.15, 0.2) is 66.7 Å². The van der Waals surface area contributed by atoms with Crippen molar-refractivity contribution in [1.29, 1.82) is 0 Å². The molecule has 162 valence electrons. The van der Waals surface area contributed by atoms with Crippen molar-refractivity contribution in [3.63, 3.8) is 0 Å². The third-order valence-electron chi connectivity index (χ3n) is 5.93. The molecule has 2 aliphatic heterocycles. The molecule has 2 amide bonds. The Balaban J connectivity index is 1.59. The maximum atomic E-state index is 14.0. The summed E-state index contributed by atoms with van der Waals surface area (Å²) in [6.07, 6.45) is 0. The van der Waals surface area contributed by atoms with Crippen LogP contribution in [-0.2, 0) is 16.2 Å². The van der Waals surface area contributed by atoms with Crippen molar-refractivity contribution in [2.24, 2.45) is 0 Å². The third-order valence-corrected chi connectivity index (χ3v) is 7.59. The van der Waals surface area contributed by atoms with Crippen molar-refractivity contribution in [2.75, 3.05) is 17.2 Å². The molecule has 0 N–H and O–H groups in total. The molecule has 0 saturated carbocycles. The zero-order valence-electron chi connectivity index (χ0n) is 17.3. The van der Waals surface area contributed by atoms with Crippen molar-refractivity contribution in [3.8, 4) is 0 Å². The van der Waals surface area contributed by atoms with Crippen molar-refractivity contribution in [1.82, 2.24) is 4.90 Å². The van der Waals surface area contributed by atoms with Crippen LogP contribution in [0.3, 0.4) is 0 Å². The summed E-state index contributed by atoms with van der Waals surface area (Å²) in [4.78, 5) is 29.5. The van der Waals surface area contributed by atoms with Gasteiger partial charge in [-0.3, -0.25) is 9.59 Å². The van der Waals surface area contributed by atoms with Crippen LogP contribution in [0.4, 0.5) is 10.1 Å². The van der Waals surface area contributed by atoms with E-state index >= 15 is 0 Å². The monoisotopic (exact) mass is 466 g/mol. The maximum absolute atomic E-state index is 14.0. The van der Waals surface area contributed by atoms with E-state index in [1.807, 2.05) is 37.3 Å². The molecule has 3 aromatic rings. The number of carbonyl (C=O) groups is 2. The molecule has 32 heavy (non-hydrogen) atoms. The van der Waals surface area contributed by atoms with Gasteiger partial charge in [0.2, 0.25) is 0 Å².